The maximum absolute atomic E-state index is 12.6. The Morgan fingerprint density at radius 3 is 2.78 bits per heavy atom. The van der Waals surface area contributed by atoms with Gasteiger partial charge in [-0.2, -0.15) is 0 Å². The lowest BCUT2D eigenvalue weighted by atomic mass is 10.1. The molecule has 7 nitrogen and oxygen atoms in total. The highest BCUT2D eigenvalue weighted by molar-refractivity contribution is 6.34. The van der Waals surface area contributed by atoms with E-state index in [2.05, 4.69) is 10.5 Å². The number of ketones is 1. The lowest BCUT2D eigenvalue weighted by Gasteiger charge is -2.23. The normalized spacial score (nSPS) is 16.4. The van der Waals surface area contributed by atoms with Crippen LogP contribution in [0.3, 0.4) is 0 Å². The first-order valence-electron chi connectivity index (χ1n) is 8.77. The molecule has 27 heavy (non-hydrogen) atoms. The number of benzene rings is 1. The highest BCUT2D eigenvalue weighted by Crippen LogP contribution is 2.22. The summed E-state index contributed by atoms with van der Waals surface area (Å²) in [6.07, 6.45) is 1.40. The van der Waals surface area contributed by atoms with Crippen molar-refractivity contribution < 1.29 is 18.9 Å². The third-order valence-corrected chi connectivity index (χ3v) is 4.82. The quantitative estimate of drug-likeness (QED) is 0.765. The van der Waals surface area contributed by atoms with Crippen LogP contribution in [-0.4, -0.2) is 40.2 Å². The summed E-state index contributed by atoms with van der Waals surface area (Å²) in [5.74, 6) is 0.205. The molecule has 2 aromatic rings. The number of anilines is 1. The summed E-state index contributed by atoms with van der Waals surface area (Å²) < 4.78 is 4.93. The van der Waals surface area contributed by atoms with Gasteiger partial charge in [0.1, 0.15) is 11.8 Å². The van der Waals surface area contributed by atoms with E-state index >= 15 is 0 Å². The number of carbonyl (C=O) groups is 3. The molecular formula is C19H20ClN3O4. The van der Waals surface area contributed by atoms with Crippen LogP contribution in [0.1, 0.15) is 41.8 Å². The molecule has 1 saturated heterocycles. The van der Waals surface area contributed by atoms with Crippen molar-refractivity contribution >= 4 is 35.0 Å². The third-order valence-electron chi connectivity index (χ3n) is 4.50. The number of carbonyl (C=O) groups excluding carboxylic acids is 3. The molecule has 1 atom stereocenters. The minimum atomic E-state index is -0.565. The zero-order chi connectivity index (χ0) is 19.4. The second-order valence-electron chi connectivity index (χ2n) is 6.46. The number of rotatable bonds is 6. The van der Waals surface area contributed by atoms with Gasteiger partial charge in [0.25, 0.3) is 0 Å². The number of hydrogen-bond donors (Lipinski definition) is 1. The van der Waals surface area contributed by atoms with E-state index in [0.717, 1.165) is 6.42 Å². The van der Waals surface area contributed by atoms with Gasteiger partial charge in [0, 0.05) is 31.0 Å². The fourth-order valence-electron chi connectivity index (χ4n) is 3.16. The molecule has 2 amide bonds. The number of hydrogen-bond acceptors (Lipinski definition) is 5. The predicted molar refractivity (Wildman–Crippen MR) is 99.6 cm³/mol. The number of likely N-dealkylation sites (tertiary alicyclic amines) is 1. The number of aryl methyl sites for hydroxylation is 1. The summed E-state index contributed by atoms with van der Waals surface area (Å²) >= 11 is 6.02. The summed E-state index contributed by atoms with van der Waals surface area (Å²) in [4.78, 5) is 38.9. The number of nitrogens with zero attached hydrogens (tertiary/aromatic N) is 2. The van der Waals surface area contributed by atoms with Gasteiger partial charge in [-0.1, -0.05) is 28.9 Å². The Bertz CT molecular complexity index is 864. The van der Waals surface area contributed by atoms with Crippen LogP contribution in [0.25, 0.3) is 0 Å². The average Bonchev–Trinajstić information content (AvgIpc) is 3.29. The lowest BCUT2D eigenvalue weighted by Crippen LogP contribution is -2.43. The van der Waals surface area contributed by atoms with Crippen LogP contribution in [0.2, 0.25) is 5.02 Å². The Kier molecular flexibility index (Phi) is 5.91. The largest absolute Gasteiger partial charge is 0.360 e. The van der Waals surface area contributed by atoms with Crippen molar-refractivity contribution in [1.82, 2.24) is 10.1 Å². The van der Waals surface area contributed by atoms with E-state index in [1.807, 2.05) is 0 Å². The first kappa shape index (κ1) is 19.1. The molecule has 1 N–H and O–H groups in total. The molecule has 0 radical (unpaired) electrons. The molecule has 8 heteroatoms. The Balaban J connectivity index is 1.57. The molecule has 3 rings (SSSR count). The van der Waals surface area contributed by atoms with E-state index < -0.39 is 6.04 Å². The van der Waals surface area contributed by atoms with Crippen molar-refractivity contribution in [2.45, 2.75) is 38.6 Å². The fraction of sp³-hybridized carbons (Fsp3) is 0.368. The van der Waals surface area contributed by atoms with Crippen LogP contribution < -0.4 is 5.32 Å². The lowest BCUT2D eigenvalue weighted by molar-refractivity contribution is -0.136. The number of Topliss-reactive ketones (excluding diaryl/α,β-unsaturated/α-hetero) is 1. The molecule has 1 aromatic carbocycles. The summed E-state index contributed by atoms with van der Waals surface area (Å²) in [5.41, 5.74) is 0.407. The van der Waals surface area contributed by atoms with Gasteiger partial charge in [0.15, 0.2) is 11.6 Å². The Morgan fingerprint density at radius 2 is 2.07 bits per heavy atom. The molecule has 0 aliphatic carbocycles. The Hall–Kier alpha value is -2.67. The van der Waals surface area contributed by atoms with Crippen molar-refractivity contribution in [3.63, 3.8) is 0 Å². The van der Waals surface area contributed by atoms with E-state index in [1.54, 1.807) is 37.3 Å². The van der Waals surface area contributed by atoms with E-state index in [1.165, 1.54) is 4.90 Å². The van der Waals surface area contributed by atoms with Crippen molar-refractivity contribution in [2.75, 3.05) is 11.9 Å². The standard InChI is InChI=1S/C19H20ClN3O4/c1-12-11-17(22-27-12)21-19(26)15-7-4-10-23(15)18(25)9-8-16(24)13-5-2-3-6-14(13)20/h2-3,5-6,11,15H,4,7-10H2,1H3,(H,21,22,26). The first-order chi connectivity index (χ1) is 13.0. The maximum atomic E-state index is 12.6. The van der Waals surface area contributed by atoms with Crippen LogP contribution >= 0.6 is 11.6 Å². The smallest absolute Gasteiger partial charge is 0.248 e. The topological polar surface area (TPSA) is 92.5 Å². The van der Waals surface area contributed by atoms with E-state index in [-0.39, 0.29) is 30.4 Å². The maximum Gasteiger partial charge on any atom is 0.248 e. The minimum absolute atomic E-state index is 0.0386. The number of halogens is 1. The molecule has 0 bridgehead atoms. The van der Waals surface area contributed by atoms with Crippen LogP contribution in [0.5, 0.6) is 0 Å². The summed E-state index contributed by atoms with van der Waals surface area (Å²) in [6.45, 7) is 2.22. The van der Waals surface area contributed by atoms with Gasteiger partial charge in [-0.05, 0) is 31.9 Å². The SMILES string of the molecule is Cc1cc(NC(=O)C2CCCN2C(=O)CCC(=O)c2ccccc2Cl)no1. The molecule has 0 spiro atoms. The van der Waals surface area contributed by atoms with Crippen molar-refractivity contribution in [3.05, 3.63) is 46.7 Å². The van der Waals surface area contributed by atoms with Crippen LogP contribution in [0.15, 0.2) is 34.9 Å². The Morgan fingerprint density at radius 1 is 1.30 bits per heavy atom. The van der Waals surface area contributed by atoms with E-state index in [4.69, 9.17) is 16.1 Å². The van der Waals surface area contributed by atoms with Gasteiger partial charge >= 0.3 is 0 Å². The van der Waals surface area contributed by atoms with Crippen LogP contribution in [0.4, 0.5) is 5.82 Å². The zero-order valence-electron chi connectivity index (χ0n) is 14.9. The molecule has 0 saturated carbocycles. The first-order valence-corrected chi connectivity index (χ1v) is 9.15. The molecule has 142 valence electrons. The van der Waals surface area contributed by atoms with Crippen LogP contribution in [0, 0.1) is 6.92 Å². The van der Waals surface area contributed by atoms with E-state index in [9.17, 15) is 14.4 Å². The van der Waals surface area contributed by atoms with Crippen molar-refractivity contribution in [3.8, 4) is 0 Å². The molecule has 1 aliphatic rings. The second-order valence-corrected chi connectivity index (χ2v) is 6.87. The van der Waals surface area contributed by atoms with Gasteiger partial charge < -0.3 is 14.7 Å². The number of amides is 2. The number of nitrogens with one attached hydrogen (secondary N) is 1. The highest BCUT2D eigenvalue weighted by atomic mass is 35.5. The monoisotopic (exact) mass is 389 g/mol. The summed E-state index contributed by atoms with van der Waals surface area (Å²) in [5, 5.41) is 6.77. The van der Waals surface area contributed by atoms with Gasteiger partial charge in [-0.25, -0.2) is 0 Å². The summed E-state index contributed by atoms with van der Waals surface area (Å²) in [6, 6.07) is 7.80. The van der Waals surface area contributed by atoms with Gasteiger partial charge in [-0.15, -0.1) is 0 Å². The third kappa shape index (κ3) is 4.54. The van der Waals surface area contributed by atoms with Gasteiger partial charge in [0.05, 0.1) is 5.02 Å². The number of aromatic nitrogens is 1. The highest BCUT2D eigenvalue weighted by Gasteiger charge is 2.34. The molecule has 1 aliphatic heterocycles. The summed E-state index contributed by atoms with van der Waals surface area (Å²) in [7, 11) is 0. The predicted octanol–water partition coefficient (Wildman–Crippen LogP) is 3.23. The minimum Gasteiger partial charge on any atom is -0.360 e. The molecular weight excluding hydrogens is 370 g/mol. The zero-order valence-corrected chi connectivity index (χ0v) is 15.7. The van der Waals surface area contributed by atoms with E-state index in [0.29, 0.717) is 35.1 Å². The Labute approximate surface area is 161 Å². The van der Waals surface area contributed by atoms with Gasteiger partial charge in [0.2, 0.25) is 11.8 Å². The molecule has 1 aromatic heterocycles. The molecule has 1 fully saturated rings. The fourth-order valence-corrected chi connectivity index (χ4v) is 3.40. The molecule has 2 heterocycles. The van der Waals surface area contributed by atoms with Crippen LogP contribution in [-0.2, 0) is 9.59 Å². The van der Waals surface area contributed by atoms with Crippen molar-refractivity contribution in [1.29, 1.82) is 0 Å². The molecule has 1 unspecified atom stereocenters. The van der Waals surface area contributed by atoms with Gasteiger partial charge in [-0.3, -0.25) is 14.4 Å². The average molecular weight is 390 g/mol. The van der Waals surface area contributed by atoms with Crippen molar-refractivity contribution in [2.24, 2.45) is 0 Å². The second kappa shape index (κ2) is 8.35.